The van der Waals surface area contributed by atoms with Gasteiger partial charge in [-0.2, -0.15) is 0 Å². The van der Waals surface area contributed by atoms with Crippen molar-refractivity contribution in [3.05, 3.63) is 53.5 Å². The Labute approximate surface area is 105 Å². The molecule has 0 atom stereocenters. The molecule has 98 valence electrons. The van der Waals surface area contributed by atoms with Crippen molar-refractivity contribution in [2.45, 2.75) is 0 Å². The highest BCUT2D eigenvalue weighted by Gasteiger charge is 2.11. The van der Waals surface area contributed by atoms with Crippen LogP contribution in [0.2, 0.25) is 0 Å². The number of benzene rings is 1. The van der Waals surface area contributed by atoms with E-state index in [1.165, 1.54) is 18.2 Å². The van der Waals surface area contributed by atoms with Gasteiger partial charge in [0, 0.05) is 17.8 Å². The standard InChI is InChI=1S/C12H7F3N2O2/c13-7-4-6(5-8(14)11(7)15)16-10-3-1-2-9(17-10)12(18)19/h1-5H,(H,16,17)(H,18,19). The quantitative estimate of drug-likeness (QED) is 0.840. The van der Waals surface area contributed by atoms with E-state index >= 15 is 0 Å². The molecule has 2 rings (SSSR count). The summed E-state index contributed by atoms with van der Waals surface area (Å²) < 4.78 is 38.7. The summed E-state index contributed by atoms with van der Waals surface area (Å²) in [6, 6.07) is 5.57. The Morgan fingerprint density at radius 3 is 2.37 bits per heavy atom. The van der Waals surface area contributed by atoms with E-state index in [1.807, 2.05) is 0 Å². The van der Waals surface area contributed by atoms with E-state index in [2.05, 4.69) is 10.3 Å². The number of pyridine rings is 1. The van der Waals surface area contributed by atoms with E-state index in [-0.39, 0.29) is 17.2 Å². The van der Waals surface area contributed by atoms with Crippen LogP contribution in [-0.4, -0.2) is 16.1 Å². The third kappa shape index (κ3) is 2.82. The normalized spacial score (nSPS) is 10.3. The summed E-state index contributed by atoms with van der Waals surface area (Å²) in [5.74, 6) is -5.43. The average molecular weight is 268 g/mol. The molecule has 2 aromatic rings. The van der Waals surface area contributed by atoms with E-state index in [0.717, 1.165) is 12.1 Å². The highest BCUT2D eigenvalue weighted by Crippen LogP contribution is 2.20. The van der Waals surface area contributed by atoms with Gasteiger partial charge in [0.1, 0.15) is 5.82 Å². The van der Waals surface area contributed by atoms with Crippen molar-refractivity contribution >= 4 is 17.5 Å². The number of carboxylic acid groups (broad SMARTS) is 1. The van der Waals surface area contributed by atoms with Crippen LogP contribution >= 0.6 is 0 Å². The molecule has 0 saturated carbocycles. The minimum atomic E-state index is -1.57. The van der Waals surface area contributed by atoms with Crippen molar-refractivity contribution in [3.63, 3.8) is 0 Å². The lowest BCUT2D eigenvalue weighted by atomic mass is 10.2. The largest absolute Gasteiger partial charge is 0.477 e. The van der Waals surface area contributed by atoms with Gasteiger partial charge in [0.05, 0.1) is 0 Å². The summed E-state index contributed by atoms with van der Waals surface area (Å²) in [4.78, 5) is 14.4. The molecular weight excluding hydrogens is 261 g/mol. The molecule has 0 aliphatic carbocycles. The third-order valence-corrected chi connectivity index (χ3v) is 2.22. The van der Waals surface area contributed by atoms with Gasteiger partial charge >= 0.3 is 5.97 Å². The van der Waals surface area contributed by atoms with Crippen LogP contribution in [0.1, 0.15) is 10.5 Å². The number of carbonyl (C=O) groups is 1. The zero-order valence-electron chi connectivity index (χ0n) is 9.32. The van der Waals surface area contributed by atoms with Gasteiger partial charge in [-0.1, -0.05) is 6.07 Å². The van der Waals surface area contributed by atoms with Crippen LogP contribution in [0, 0.1) is 17.5 Å². The highest BCUT2D eigenvalue weighted by molar-refractivity contribution is 5.85. The van der Waals surface area contributed by atoms with Crippen LogP contribution in [0.15, 0.2) is 30.3 Å². The Hall–Kier alpha value is -2.57. The first-order valence-corrected chi connectivity index (χ1v) is 5.09. The topological polar surface area (TPSA) is 62.2 Å². The molecule has 0 aliphatic rings. The fourth-order valence-corrected chi connectivity index (χ4v) is 1.40. The SMILES string of the molecule is O=C(O)c1cccc(Nc2cc(F)c(F)c(F)c2)n1. The fraction of sp³-hybridized carbons (Fsp3) is 0. The van der Waals surface area contributed by atoms with Crippen molar-refractivity contribution in [2.75, 3.05) is 5.32 Å². The predicted octanol–water partition coefficient (Wildman–Crippen LogP) is 2.94. The summed E-state index contributed by atoms with van der Waals surface area (Å²) in [7, 11) is 0. The second-order valence-electron chi connectivity index (χ2n) is 3.59. The molecule has 0 radical (unpaired) electrons. The van der Waals surface area contributed by atoms with Crippen LogP contribution in [0.25, 0.3) is 0 Å². The van der Waals surface area contributed by atoms with E-state index in [0.29, 0.717) is 0 Å². The Balaban J connectivity index is 2.31. The molecular formula is C12H7F3N2O2. The zero-order chi connectivity index (χ0) is 14.0. The lowest BCUT2D eigenvalue weighted by molar-refractivity contribution is 0.0690. The predicted molar refractivity (Wildman–Crippen MR) is 60.8 cm³/mol. The number of anilines is 2. The van der Waals surface area contributed by atoms with Crippen molar-refractivity contribution in [3.8, 4) is 0 Å². The monoisotopic (exact) mass is 268 g/mol. The van der Waals surface area contributed by atoms with Gasteiger partial charge in [0.25, 0.3) is 0 Å². The van der Waals surface area contributed by atoms with E-state index in [9.17, 15) is 18.0 Å². The van der Waals surface area contributed by atoms with Crippen molar-refractivity contribution in [1.29, 1.82) is 0 Å². The molecule has 0 unspecified atom stereocenters. The third-order valence-electron chi connectivity index (χ3n) is 2.22. The summed E-state index contributed by atoms with van der Waals surface area (Å²) >= 11 is 0. The molecule has 0 amide bonds. The molecule has 4 nitrogen and oxygen atoms in total. The Bertz CT molecular complexity index is 624. The van der Waals surface area contributed by atoms with Crippen LogP contribution < -0.4 is 5.32 Å². The minimum Gasteiger partial charge on any atom is -0.477 e. The summed E-state index contributed by atoms with van der Waals surface area (Å²) in [6.45, 7) is 0. The maximum atomic E-state index is 13.0. The summed E-state index contributed by atoms with van der Waals surface area (Å²) in [6.07, 6.45) is 0. The van der Waals surface area contributed by atoms with Gasteiger partial charge < -0.3 is 10.4 Å². The first kappa shape index (κ1) is 12.9. The van der Waals surface area contributed by atoms with Crippen LogP contribution in [0.4, 0.5) is 24.7 Å². The summed E-state index contributed by atoms with van der Waals surface area (Å²) in [5.41, 5.74) is -0.306. The van der Waals surface area contributed by atoms with E-state index in [4.69, 9.17) is 5.11 Å². The van der Waals surface area contributed by atoms with Crippen LogP contribution in [-0.2, 0) is 0 Å². The number of rotatable bonds is 3. The smallest absolute Gasteiger partial charge is 0.354 e. The maximum Gasteiger partial charge on any atom is 0.354 e. The number of nitrogens with zero attached hydrogens (tertiary/aromatic N) is 1. The molecule has 1 aromatic heterocycles. The number of hydrogen-bond acceptors (Lipinski definition) is 3. The first-order valence-electron chi connectivity index (χ1n) is 5.09. The highest BCUT2D eigenvalue weighted by atomic mass is 19.2. The molecule has 2 N–H and O–H groups in total. The molecule has 19 heavy (non-hydrogen) atoms. The number of aromatic carboxylic acids is 1. The van der Waals surface area contributed by atoms with Crippen molar-refractivity contribution in [2.24, 2.45) is 0 Å². The number of aromatic nitrogens is 1. The molecule has 0 saturated heterocycles. The Morgan fingerprint density at radius 2 is 1.79 bits per heavy atom. The van der Waals surface area contributed by atoms with Gasteiger partial charge in [-0.05, 0) is 12.1 Å². The van der Waals surface area contributed by atoms with Gasteiger partial charge in [-0.25, -0.2) is 22.9 Å². The maximum absolute atomic E-state index is 13.0. The Kier molecular flexibility index (Phi) is 3.37. The number of halogens is 3. The number of nitrogens with one attached hydrogen (secondary N) is 1. The van der Waals surface area contributed by atoms with E-state index < -0.39 is 23.4 Å². The average Bonchev–Trinajstić information content (AvgIpc) is 2.36. The first-order chi connectivity index (χ1) is 8.97. The molecule has 1 heterocycles. The molecule has 0 fully saturated rings. The zero-order valence-corrected chi connectivity index (χ0v) is 9.32. The summed E-state index contributed by atoms with van der Waals surface area (Å²) in [5, 5.41) is 11.2. The molecule has 7 heteroatoms. The van der Waals surface area contributed by atoms with Crippen LogP contribution in [0.3, 0.4) is 0 Å². The molecule has 0 spiro atoms. The second kappa shape index (κ2) is 4.97. The van der Waals surface area contributed by atoms with Gasteiger partial charge in [0.2, 0.25) is 0 Å². The second-order valence-corrected chi connectivity index (χ2v) is 3.59. The van der Waals surface area contributed by atoms with Crippen molar-refractivity contribution in [1.82, 2.24) is 4.98 Å². The number of carboxylic acids is 1. The molecule has 0 bridgehead atoms. The molecule has 0 aliphatic heterocycles. The Morgan fingerprint density at radius 1 is 1.16 bits per heavy atom. The van der Waals surface area contributed by atoms with Crippen LogP contribution in [0.5, 0.6) is 0 Å². The van der Waals surface area contributed by atoms with Crippen molar-refractivity contribution < 1.29 is 23.1 Å². The van der Waals surface area contributed by atoms with Gasteiger partial charge in [0.15, 0.2) is 23.1 Å². The number of hydrogen-bond donors (Lipinski definition) is 2. The van der Waals surface area contributed by atoms with E-state index in [1.54, 1.807) is 0 Å². The lowest BCUT2D eigenvalue weighted by Gasteiger charge is -2.07. The lowest BCUT2D eigenvalue weighted by Crippen LogP contribution is -2.03. The fourth-order valence-electron chi connectivity index (χ4n) is 1.40. The minimum absolute atomic E-state index is 0.0744. The van der Waals surface area contributed by atoms with Gasteiger partial charge in [-0.15, -0.1) is 0 Å². The van der Waals surface area contributed by atoms with Gasteiger partial charge in [-0.3, -0.25) is 0 Å². The molecule has 1 aromatic carbocycles.